The molecule has 0 saturated heterocycles. The minimum Gasteiger partial charge on any atom is -0.481 e. The van der Waals surface area contributed by atoms with Crippen LogP contribution >= 0.6 is 0 Å². The molecular formula is C17H31N2O2+. The molecule has 21 heavy (non-hydrogen) atoms. The highest BCUT2D eigenvalue weighted by Crippen LogP contribution is 2.09. The second-order valence-corrected chi connectivity index (χ2v) is 5.76. The second-order valence-electron chi connectivity index (χ2n) is 5.76. The van der Waals surface area contributed by atoms with E-state index in [1.807, 2.05) is 6.20 Å². The average Bonchev–Trinajstić information content (AvgIpc) is 2.83. The molecule has 1 heterocycles. The van der Waals surface area contributed by atoms with Crippen LogP contribution in [0.2, 0.25) is 0 Å². The van der Waals surface area contributed by atoms with Crippen molar-refractivity contribution in [2.75, 3.05) is 0 Å². The van der Waals surface area contributed by atoms with Gasteiger partial charge in [0.1, 0.15) is 18.9 Å². The van der Waals surface area contributed by atoms with Gasteiger partial charge in [-0.1, -0.05) is 46.0 Å². The number of imidazole rings is 1. The van der Waals surface area contributed by atoms with Crippen LogP contribution in [0.25, 0.3) is 0 Å². The fourth-order valence-electron chi connectivity index (χ4n) is 2.71. The van der Waals surface area contributed by atoms with Crippen molar-refractivity contribution in [3.05, 3.63) is 18.2 Å². The third-order valence-corrected chi connectivity index (χ3v) is 3.87. The first-order chi connectivity index (χ1) is 10.2. The Balaban J connectivity index is 2.50. The summed E-state index contributed by atoms with van der Waals surface area (Å²) in [6, 6.07) is 0. The number of unbranched alkanes of at least 4 members (excludes halogenated alkanes) is 5. The summed E-state index contributed by atoms with van der Waals surface area (Å²) in [6.45, 7) is 6.02. The van der Waals surface area contributed by atoms with Gasteiger partial charge in [-0.15, -0.1) is 0 Å². The molecule has 1 aromatic rings. The lowest BCUT2D eigenvalue weighted by molar-refractivity contribution is -0.703. The fourth-order valence-corrected chi connectivity index (χ4v) is 2.71. The van der Waals surface area contributed by atoms with Crippen LogP contribution in [-0.2, 0) is 24.3 Å². The summed E-state index contributed by atoms with van der Waals surface area (Å²) in [7, 11) is 0. The summed E-state index contributed by atoms with van der Waals surface area (Å²) in [5, 5.41) is 8.85. The number of carbonyl (C=O) groups is 1. The second kappa shape index (κ2) is 10.4. The molecule has 0 saturated carbocycles. The van der Waals surface area contributed by atoms with E-state index < -0.39 is 5.97 Å². The van der Waals surface area contributed by atoms with Gasteiger partial charge in [0.15, 0.2) is 0 Å². The number of hydrogen-bond acceptors (Lipinski definition) is 1. The van der Waals surface area contributed by atoms with Gasteiger partial charge < -0.3 is 5.11 Å². The summed E-state index contributed by atoms with van der Waals surface area (Å²) in [5.74, 6) is 0.560. The van der Waals surface area contributed by atoms with Crippen LogP contribution in [0.3, 0.4) is 0 Å². The van der Waals surface area contributed by atoms with Gasteiger partial charge in [-0.05, 0) is 12.8 Å². The molecule has 0 fully saturated rings. The van der Waals surface area contributed by atoms with Gasteiger partial charge in [-0.25, -0.2) is 9.13 Å². The van der Waals surface area contributed by atoms with Crippen molar-refractivity contribution in [2.24, 2.45) is 0 Å². The zero-order valence-electron chi connectivity index (χ0n) is 13.7. The van der Waals surface area contributed by atoms with E-state index in [0.29, 0.717) is 6.54 Å². The number of aromatic nitrogens is 2. The Bertz CT molecular complexity index is 413. The topological polar surface area (TPSA) is 46.1 Å². The van der Waals surface area contributed by atoms with Crippen LogP contribution in [0.5, 0.6) is 0 Å². The third kappa shape index (κ3) is 6.78. The highest BCUT2D eigenvalue weighted by Gasteiger charge is 2.16. The van der Waals surface area contributed by atoms with Crippen molar-refractivity contribution in [3.63, 3.8) is 0 Å². The summed E-state index contributed by atoms with van der Waals surface area (Å²) in [4.78, 5) is 10.8. The van der Waals surface area contributed by atoms with Gasteiger partial charge >= 0.3 is 5.97 Å². The van der Waals surface area contributed by atoms with E-state index in [1.165, 1.54) is 44.3 Å². The Kier molecular flexibility index (Phi) is 8.79. The zero-order valence-corrected chi connectivity index (χ0v) is 13.7. The summed E-state index contributed by atoms with van der Waals surface area (Å²) in [5.41, 5.74) is 0. The average molecular weight is 295 g/mol. The smallest absolute Gasteiger partial charge is 0.307 e. The molecule has 0 aliphatic rings. The Morgan fingerprint density at radius 1 is 1.14 bits per heavy atom. The monoisotopic (exact) mass is 295 g/mol. The Labute approximate surface area is 128 Å². The van der Waals surface area contributed by atoms with Crippen LogP contribution < -0.4 is 4.57 Å². The van der Waals surface area contributed by atoms with Crippen molar-refractivity contribution in [1.82, 2.24) is 4.57 Å². The summed E-state index contributed by atoms with van der Waals surface area (Å²) < 4.78 is 4.41. The van der Waals surface area contributed by atoms with E-state index >= 15 is 0 Å². The van der Waals surface area contributed by atoms with Gasteiger partial charge in [0.2, 0.25) is 0 Å². The molecule has 1 aromatic heterocycles. The molecular weight excluding hydrogens is 264 g/mol. The van der Waals surface area contributed by atoms with Crippen LogP contribution in [-0.4, -0.2) is 15.6 Å². The van der Waals surface area contributed by atoms with Crippen LogP contribution in [0.4, 0.5) is 0 Å². The first kappa shape index (κ1) is 17.7. The van der Waals surface area contributed by atoms with E-state index in [4.69, 9.17) is 5.11 Å². The molecule has 0 aliphatic carbocycles. The maximum atomic E-state index is 10.8. The predicted molar refractivity (Wildman–Crippen MR) is 84.3 cm³/mol. The molecule has 0 aromatic carbocycles. The highest BCUT2D eigenvalue weighted by molar-refractivity contribution is 5.66. The minimum atomic E-state index is -0.726. The van der Waals surface area contributed by atoms with Crippen LogP contribution in [0, 0.1) is 0 Å². The molecule has 120 valence electrons. The first-order valence-corrected chi connectivity index (χ1v) is 8.48. The maximum absolute atomic E-state index is 10.8. The van der Waals surface area contributed by atoms with Crippen molar-refractivity contribution in [3.8, 4) is 0 Å². The van der Waals surface area contributed by atoms with E-state index in [1.54, 1.807) is 0 Å². The lowest BCUT2D eigenvalue weighted by Gasteiger charge is -2.04. The summed E-state index contributed by atoms with van der Waals surface area (Å²) >= 11 is 0. The van der Waals surface area contributed by atoms with Gasteiger partial charge in [-0.3, -0.25) is 4.79 Å². The van der Waals surface area contributed by atoms with Gasteiger partial charge in [0, 0.05) is 6.42 Å². The largest absolute Gasteiger partial charge is 0.481 e. The highest BCUT2D eigenvalue weighted by atomic mass is 16.4. The lowest BCUT2D eigenvalue weighted by Crippen LogP contribution is -2.37. The summed E-state index contributed by atoms with van der Waals surface area (Å²) in [6.07, 6.45) is 14.2. The van der Waals surface area contributed by atoms with Crippen LogP contribution in [0.1, 0.15) is 71.0 Å². The van der Waals surface area contributed by atoms with Crippen molar-refractivity contribution < 1.29 is 14.5 Å². The molecule has 1 N–H and O–H groups in total. The van der Waals surface area contributed by atoms with Crippen molar-refractivity contribution in [1.29, 1.82) is 0 Å². The SMILES string of the molecule is CCCCCCCCc1n(CCC(=O)O)cc[n+]1CCC. The fraction of sp³-hybridized carbons (Fsp3) is 0.765. The maximum Gasteiger partial charge on any atom is 0.307 e. The molecule has 0 bridgehead atoms. The van der Waals surface area contributed by atoms with Gasteiger partial charge in [0.05, 0.1) is 13.0 Å². The van der Waals surface area contributed by atoms with E-state index in [9.17, 15) is 4.79 Å². The van der Waals surface area contributed by atoms with E-state index in [2.05, 4.69) is 29.2 Å². The number of rotatable bonds is 12. The molecule has 0 spiro atoms. The first-order valence-electron chi connectivity index (χ1n) is 8.48. The standard InChI is InChI=1S/C17H30N2O2/c1-3-5-6-7-8-9-10-16-18(12-4-2)14-15-19(16)13-11-17(20)21/h14-15H,3-13H2,1-2H3/p+1. The van der Waals surface area contributed by atoms with Gasteiger partial charge in [-0.2, -0.15) is 0 Å². The number of carboxylic acid groups (broad SMARTS) is 1. The zero-order chi connectivity index (χ0) is 15.5. The van der Waals surface area contributed by atoms with Crippen molar-refractivity contribution in [2.45, 2.75) is 84.7 Å². The predicted octanol–water partition coefficient (Wildman–Crippen LogP) is 3.56. The molecule has 0 unspecified atom stereocenters. The normalized spacial score (nSPS) is 11.0. The Morgan fingerprint density at radius 2 is 1.86 bits per heavy atom. The molecule has 0 amide bonds. The minimum absolute atomic E-state index is 0.199. The van der Waals surface area contributed by atoms with Gasteiger partial charge in [0.25, 0.3) is 5.82 Å². The van der Waals surface area contributed by atoms with Crippen molar-refractivity contribution >= 4 is 5.97 Å². The van der Waals surface area contributed by atoms with Crippen LogP contribution in [0.15, 0.2) is 12.4 Å². The third-order valence-electron chi connectivity index (χ3n) is 3.87. The quantitative estimate of drug-likeness (QED) is 0.473. The number of nitrogens with zero attached hydrogens (tertiary/aromatic N) is 2. The van der Waals surface area contributed by atoms with E-state index in [0.717, 1.165) is 19.4 Å². The molecule has 4 nitrogen and oxygen atoms in total. The molecule has 0 radical (unpaired) electrons. The molecule has 0 aliphatic heterocycles. The number of hydrogen-bond donors (Lipinski definition) is 1. The molecule has 0 atom stereocenters. The lowest BCUT2D eigenvalue weighted by atomic mass is 10.1. The molecule has 1 rings (SSSR count). The number of aliphatic carboxylic acids is 1. The number of carboxylic acids is 1. The Morgan fingerprint density at radius 3 is 2.52 bits per heavy atom. The molecule has 4 heteroatoms. The number of aryl methyl sites for hydroxylation is 2. The Hall–Kier alpha value is -1.32. The van der Waals surface area contributed by atoms with E-state index in [-0.39, 0.29) is 6.42 Å².